The third-order valence-electron chi connectivity index (χ3n) is 27.8. The van der Waals surface area contributed by atoms with Gasteiger partial charge in [-0.15, -0.1) is 0 Å². The Bertz CT molecular complexity index is 9140. The molecule has 0 radical (unpaired) electrons. The zero-order chi connectivity index (χ0) is 91.6. The Hall–Kier alpha value is -17.8. The molecule has 0 N–H and O–H groups in total. The molecule has 0 saturated heterocycles. The summed E-state index contributed by atoms with van der Waals surface area (Å²) < 4.78 is 27.7. The smallest absolute Gasteiger partial charge is 0.159 e. The second-order valence-electron chi connectivity index (χ2n) is 36.8. The molecule has 2 aliphatic rings. The molecule has 2 aliphatic heterocycles. The SMILES string of the molecule is C[Si](C)(C)c1ccc(N(c2ccccc2)c2cc3c4cccc5c4c(cc3c3ccccc23)-c2ccc(N(c3ccccc3-c3ccccc3)c3cccc4c3oc3ccccc34)cc2O5)cc1.c1ccc(-c2ccc(N(c3ccccc3)c3cc4c5cccc6c5c(cc4c4ccccc34)-c3ccc(N(c4ccccc4-c4ccccc4)c4cccc5c4oc4ccccc45)cc3O6)cc2)cc1. The summed E-state index contributed by atoms with van der Waals surface area (Å²) in [4.78, 5) is 9.48. The predicted octanol–water partition coefficient (Wildman–Crippen LogP) is 37.1. The average molecular weight is 1790 g/mol. The van der Waals surface area contributed by atoms with Gasteiger partial charge >= 0.3 is 0 Å². The van der Waals surface area contributed by atoms with Crippen molar-refractivity contribution in [1.29, 1.82) is 0 Å². The van der Waals surface area contributed by atoms with Gasteiger partial charge in [-0.2, -0.15) is 0 Å². The Labute approximate surface area is 799 Å². The quantitative estimate of drug-likeness (QED) is 0.0701. The molecule has 138 heavy (non-hydrogen) atoms. The molecule has 0 amide bonds. The van der Waals surface area contributed by atoms with Crippen LogP contribution in [0.5, 0.6) is 23.0 Å². The van der Waals surface area contributed by atoms with Gasteiger partial charge in [-0.25, -0.2) is 0 Å². The molecule has 0 spiro atoms. The molecular weight excluding hydrogens is 1700 g/mol. The van der Waals surface area contributed by atoms with Crippen molar-refractivity contribution < 1.29 is 18.3 Å². The van der Waals surface area contributed by atoms with Gasteiger partial charge < -0.3 is 37.9 Å². The van der Waals surface area contributed by atoms with Crippen molar-refractivity contribution in [1.82, 2.24) is 0 Å². The van der Waals surface area contributed by atoms with Gasteiger partial charge in [0.15, 0.2) is 11.2 Å². The molecule has 27 rings (SSSR count). The van der Waals surface area contributed by atoms with E-state index in [1.54, 1.807) is 0 Å². The van der Waals surface area contributed by atoms with Gasteiger partial charge in [0.25, 0.3) is 0 Å². The summed E-state index contributed by atoms with van der Waals surface area (Å²) in [6.45, 7) is 7.22. The summed E-state index contributed by atoms with van der Waals surface area (Å²) >= 11 is 0. The first-order valence-electron chi connectivity index (χ1n) is 47.2. The number of benzene rings is 23. The highest BCUT2D eigenvalue weighted by molar-refractivity contribution is 6.88. The van der Waals surface area contributed by atoms with Crippen LogP contribution in [0.15, 0.2) is 488 Å². The van der Waals surface area contributed by atoms with Crippen molar-refractivity contribution in [3.8, 4) is 78.6 Å². The summed E-state index contributed by atoms with van der Waals surface area (Å²) in [5.74, 6) is 3.28. The molecule has 9 heteroatoms. The number of nitrogens with zero attached hydrogens (tertiary/aromatic N) is 4. The van der Waals surface area contributed by atoms with Crippen LogP contribution in [-0.4, -0.2) is 8.07 Å². The van der Waals surface area contributed by atoms with E-state index < -0.39 is 8.07 Å². The van der Waals surface area contributed by atoms with Crippen LogP contribution < -0.4 is 34.3 Å². The largest absolute Gasteiger partial charge is 0.456 e. The van der Waals surface area contributed by atoms with Gasteiger partial charge in [-0.1, -0.05) is 346 Å². The number of rotatable bonds is 16. The van der Waals surface area contributed by atoms with E-state index in [0.29, 0.717) is 0 Å². The average Bonchev–Trinajstić information content (AvgIpc) is 0.912. The van der Waals surface area contributed by atoms with Crippen molar-refractivity contribution in [3.63, 3.8) is 0 Å². The van der Waals surface area contributed by atoms with E-state index in [9.17, 15) is 0 Å². The normalized spacial score (nSPS) is 12.0. The van der Waals surface area contributed by atoms with Gasteiger partial charge in [-0.05, 0) is 222 Å². The van der Waals surface area contributed by atoms with E-state index in [-0.39, 0.29) is 0 Å². The maximum Gasteiger partial charge on any atom is 0.159 e. The lowest BCUT2D eigenvalue weighted by molar-refractivity contribution is 0.487. The summed E-state index contributed by atoms with van der Waals surface area (Å²) in [6.07, 6.45) is 0. The van der Waals surface area contributed by atoms with Gasteiger partial charge in [0, 0.05) is 100 Å². The molecule has 652 valence electrons. The fraction of sp³-hybridized carbons (Fsp3) is 0.0233. The number of hydrogen-bond acceptors (Lipinski definition) is 8. The fourth-order valence-corrected chi connectivity index (χ4v) is 22.5. The standard InChI is InChI=1S/C66H42N2O2.C63H46N2O2Si/c1-4-18-43(19-5-1)44-34-36-47(37-35-44)67(46-22-8-3-9-23-46)61-42-57-54-28-17-33-63-65(54)58(41-56(57)50-25-10-11-26-51(50)61)53-39-38-48(40-64(53)69-63)68(59-30-14-12-24-49(59)45-20-6-2-7-21-45)60-31-16-29-55-52-27-13-15-32-62(52)70-66(55)60;1-68(2,3)45-35-32-43(33-36-45)64(42-20-8-5-9-21-42)58-40-54-51-26-17-31-60-62(51)55(39-53(54)47-23-10-11-24-48(47)58)50-37-34-44(38-61(50)66-60)65(56-28-14-12-22-46(56)41-18-6-4-7-19-41)57-29-16-27-52-49-25-13-15-30-59(49)67-63(52)57/h1-42H;4-40H,1-3H3. The lowest BCUT2D eigenvalue weighted by atomic mass is 9.88. The molecule has 2 aromatic heterocycles. The minimum absolute atomic E-state index is 0.797. The summed E-state index contributed by atoms with van der Waals surface area (Å²) in [6, 6.07) is 172. The van der Waals surface area contributed by atoms with Crippen LogP contribution >= 0.6 is 0 Å². The predicted molar refractivity (Wildman–Crippen MR) is 582 cm³/mol. The topological polar surface area (TPSA) is 57.7 Å². The third-order valence-corrected chi connectivity index (χ3v) is 29.9. The zero-order valence-corrected chi connectivity index (χ0v) is 77.0. The Morgan fingerprint density at radius 2 is 0.493 bits per heavy atom. The number of anilines is 12. The van der Waals surface area contributed by atoms with Crippen LogP contribution in [0.3, 0.4) is 0 Å². The zero-order valence-electron chi connectivity index (χ0n) is 76.0. The van der Waals surface area contributed by atoms with E-state index >= 15 is 0 Å². The first-order valence-corrected chi connectivity index (χ1v) is 50.7. The van der Waals surface area contributed by atoms with Gasteiger partial charge in [0.2, 0.25) is 0 Å². The molecule has 0 aliphatic carbocycles. The summed E-state index contributed by atoms with van der Waals surface area (Å²) in [7, 11) is -1.50. The second kappa shape index (κ2) is 33.2. The molecule has 0 saturated carbocycles. The lowest BCUT2D eigenvalue weighted by Crippen LogP contribution is -2.37. The van der Waals surface area contributed by atoms with Gasteiger partial charge in [0.1, 0.15) is 34.2 Å². The molecule has 0 atom stereocenters. The highest BCUT2D eigenvalue weighted by Gasteiger charge is 2.33. The van der Waals surface area contributed by atoms with Crippen LogP contribution in [0.2, 0.25) is 19.6 Å². The molecule has 8 nitrogen and oxygen atoms in total. The molecule has 0 fully saturated rings. The molecular formula is C129H88N4O4Si. The van der Waals surface area contributed by atoms with E-state index in [1.165, 1.54) is 59.4 Å². The molecule has 0 bridgehead atoms. The fourth-order valence-electron chi connectivity index (χ4n) is 21.4. The summed E-state index contributed by atoms with van der Waals surface area (Å²) in [5.41, 5.74) is 27.2. The van der Waals surface area contributed by atoms with E-state index in [4.69, 9.17) is 18.3 Å². The minimum Gasteiger partial charge on any atom is -0.456 e. The lowest BCUT2D eigenvalue weighted by Gasteiger charge is -2.30. The van der Waals surface area contributed by atoms with Crippen molar-refractivity contribution in [2.24, 2.45) is 0 Å². The number of para-hydroxylation sites is 8. The van der Waals surface area contributed by atoms with Crippen LogP contribution in [0.1, 0.15) is 0 Å². The maximum absolute atomic E-state index is 7.10. The molecule has 25 aromatic rings. The second-order valence-corrected chi connectivity index (χ2v) is 41.9. The van der Waals surface area contributed by atoms with Crippen LogP contribution in [0.25, 0.3) is 164 Å². The van der Waals surface area contributed by atoms with Crippen molar-refractivity contribution in [2.45, 2.75) is 19.6 Å². The molecule has 0 unspecified atom stereocenters. The van der Waals surface area contributed by atoms with Crippen molar-refractivity contribution in [2.75, 3.05) is 19.6 Å². The highest BCUT2D eigenvalue weighted by Crippen LogP contribution is 2.58. The van der Waals surface area contributed by atoms with E-state index in [1.807, 2.05) is 24.3 Å². The summed E-state index contributed by atoms with van der Waals surface area (Å²) in [5, 5.41) is 19.8. The van der Waals surface area contributed by atoms with Gasteiger partial charge in [-0.3, -0.25) is 0 Å². The first-order chi connectivity index (χ1) is 68.1. The van der Waals surface area contributed by atoms with E-state index in [2.05, 4.69) is 494 Å². The molecule has 4 heterocycles. The maximum atomic E-state index is 7.10. The van der Waals surface area contributed by atoms with Crippen LogP contribution in [0, 0.1) is 0 Å². The molecule has 23 aromatic carbocycles. The van der Waals surface area contributed by atoms with Crippen molar-refractivity contribution in [3.05, 3.63) is 479 Å². The van der Waals surface area contributed by atoms with Crippen molar-refractivity contribution >= 4 is 190 Å². The van der Waals surface area contributed by atoms with Crippen LogP contribution in [-0.2, 0) is 0 Å². The number of ether oxygens (including phenoxy) is 2. The Balaban J connectivity index is 0.000000143. The Kier molecular flexibility index (Phi) is 19.5. The van der Waals surface area contributed by atoms with E-state index in [0.717, 1.165) is 201 Å². The number of hydrogen-bond donors (Lipinski definition) is 0. The monoisotopic (exact) mass is 1780 g/mol. The number of fused-ring (bicyclic) bond motifs is 18. The van der Waals surface area contributed by atoms with Crippen LogP contribution in [0.4, 0.5) is 68.2 Å². The Morgan fingerprint density at radius 3 is 0.928 bits per heavy atom. The highest BCUT2D eigenvalue weighted by atomic mass is 28.3. The third kappa shape index (κ3) is 13.7. The Morgan fingerprint density at radius 1 is 0.174 bits per heavy atom. The van der Waals surface area contributed by atoms with Gasteiger partial charge in [0.05, 0.1) is 53.6 Å². The number of furan rings is 2. The minimum atomic E-state index is -1.50. The first kappa shape index (κ1) is 81.0.